The van der Waals surface area contributed by atoms with Gasteiger partial charge in [0.05, 0.1) is 25.4 Å². The molecule has 1 amide bonds. The standard InChI is InChI=1S/C59H111NO10/c1-3-5-7-9-11-13-14-15-16-17-18-19-20-21-22-23-24-25-26-27-28-29-30-31-32-33-34-35-36-37-39-41-43-45-47-52(63)58(68)60-50(49-69-59-57(67)56(66)55(65)53(48-61)70-59)54(64)51(62)46-44-42-40-38-12-10-8-6-4-2/h6,8,23-24,38,40,50-57,59,61-67H,3-5,7,9-22,25-37,39,41-49H2,1-2H3,(H,60,68)/b8-6+,24-23-,40-38+. The van der Waals surface area contributed by atoms with Crippen molar-refractivity contribution in [2.24, 2.45) is 0 Å². The number of carbonyl (C=O) groups excluding carboxylic acids is 1. The maximum absolute atomic E-state index is 13.1. The van der Waals surface area contributed by atoms with E-state index in [9.17, 15) is 40.5 Å². The molecule has 8 N–H and O–H groups in total. The van der Waals surface area contributed by atoms with Crippen molar-refractivity contribution in [1.82, 2.24) is 5.32 Å². The molecular weight excluding hydrogens is 883 g/mol. The van der Waals surface area contributed by atoms with Crippen LogP contribution >= 0.6 is 0 Å². The number of aliphatic hydroxyl groups is 7. The van der Waals surface area contributed by atoms with Crippen LogP contribution in [-0.4, -0.2) is 110 Å². The first-order chi connectivity index (χ1) is 34.2. The van der Waals surface area contributed by atoms with Crippen molar-refractivity contribution in [3.8, 4) is 0 Å². The molecule has 0 radical (unpaired) electrons. The second-order valence-corrected chi connectivity index (χ2v) is 20.7. The molecule has 1 aliphatic rings. The maximum atomic E-state index is 13.1. The molecule has 1 fully saturated rings. The van der Waals surface area contributed by atoms with Crippen molar-refractivity contribution in [3.05, 3.63) is 36.5 Å². The molecule has 11 heteroatoms. The van der Waals surface area contributed by atoms with Crippen LogP contribution in [0.5, 0.6) is 0 Å². The summed E-state index contributed by atoms with van der Waals surface area (Å²) in [5, 5.41) is 75.7. The smallest absolute Gasteiger partial charge is 0.249 e. The third kappa shape index (κ3) is 36.3. The van der Waals surface area contributed by atoms with Crippen LogP contribution in [0.1, 0.15) is 264 Å². The molecule has 9 unspecified atom stereocenters. The Balaban J connectivity index is 2.12. The Morgan fingerprint density at radius 3 is 1.34 bits per heavy atom. The molecule has 1 aliphatic heterocycles. The lowest BCUT2D eigenvalue weighted by Gasteiger charge is -2.40. The number of aliphatic hydroxyl groups excluding tert-OH is 7. The highest BCUT2D eigenvalue weighted by Gasteiger charge is 2.44. The zero-order chi connectivity index (χ0) is 51.1. The molecule has 9 atom stereocenters. The van der Waals surface area contributed by atoms with Gasteiger partial charge in [-0.05, 0) is 70.6 Å². The van der Waals surface area contributed by atoms with Crippen LogP contribution in [0.15, 0.2) is 36.5 Å². The number of allylic oxidation sites excluding steroid dienone is 6. The quantitative estimate of drug-likeness (QED) is 0.0215. The zero-order valence-electron chi connectivity index (χ0n) is 45.0. The Hall–Kier alpha value is -1.67. The van der Waals surface area contributed by atoms with E-state index >= 15 is 0 Å². The Morgan fingerprint density at radius 1 is 0.500 bits per heavy atom. The van der Waals surface area contributed by atoms with E-state index in [-0.39, 0.29) is 12.8 Å². The van der Waals surface area contributed by atoms with E-state index in [4.69, 9.17) is 9.47 Å². The van der Waals surface area contributed by atoms with E-state index in [1.165, 1.54) is 180 Å². The molecule has 1 rings (SSSR count). The van der Waals surface area contributed by atoms with Crippen molar-refractivity contribution >= 4 is 5.91 Å². The molecule has 412 valence electrons. The summed E-state index contributed by atoms with van der Waals surface area (Å²) >= 11 is 0. The normalized spacial score (nSPS) is 20.5. The van der Waals surface area contributed by atoms with Gasteiger partial charge < -0.3 is 50.5 Å². The molecule has 0 spiro atoms. The first-order valence-corrected chi connectivity index (χ1v) is 29.4. The highest BCUT2D eigenvalue weighted by molar-refractivity contribution is 5.80. The monoisotopic (exact) mass is 994 g/mol. The van der Waals surface area contributed by atoms with Crippen molar-refractivity contribution in [1.29, 1.82) is 0 Å². The Kier molecular flexibility index (Phi) is 45.8. The second-order valence-electron chi connectivity index (χ2n) is 20.7. The molecule has 70 heavy (non-hydrogen) atoms. The SMILES string of the molecule is CC/C=C/CC/C=C/CCCC(O)C(O)C(COC1OC(CO)C(O)C(O)C1O)NC(=O)C(O)CCCCCCCCCCCCCCCCCC/C=C\CCCCCCCCCCCCCCCC. The summed E-state index contributed by atoms with van der Waals surface area (Å²) < 4.78 is 11.1. The fourth-order valence-corrected chi connectivity index (χ4v) is 9.40. The Morgan fingerprint density at radius 2 is 0.900 bits per heavy atom. The van der Waals surface area contributed by atoms with Crippen LogP contribution in [0.2, 0.25) is 0 Å². The zero-order valence-corrected chi connectivity index (χ0v) is 45.0. The number of ether oxygens (including phenoxy) is 2. The van der Waals surface area contributed by atoms with Gasteiger partial charge in [-0.25, -0.2) is 0 Å². The fraction of sp³-hybridized carbons (Fsp3) is 0.881. The van der Waals surface area contributed by atoms with Gasteiger partial charge in [-0.15, -0.1) is 0 Å². The van der Waals surface area contributed by atoms with Crippen LogP contribution in [0.25, 0.3) is 0 Å². The van der Waals surface area contributed by atoms with Gasteiger partial charge in [-0.3, -0.25) is 4.79 Å². The number of unbranched alkanes of at least 4 members (excludes halogenated alkanes) is 32. The molecule has 0 bridgehead atoms. The van der Waals surface area contributed by atoms with E-state index in [1.54, 1.807) is 0 Å². The van der Waals surface area contributed by atoms with Gasteiger partial charge in [-0.1, -0.05) is 230 Å². The molecule has 1 heterocycles. The largest absolute Gasteiger partial charge is 0.394 e. The van der Waals surface area contributed by atoms with Crippen LogP contribution in [0, 0.1) is 0 Å². The lowest BCUT2D eigenvalue weighted by atomic mass is 9.98. The van der Waals surface area contributed by atoms with Gasteiger partial charge in [0.15, 0.2) is 6.29 Å². The van der Waals surface area contributed by atoms with Gasteiger partial charge in [-0.2, -0.15) is 0 Å². The van der Waals surface area contributed by atoms with E-state index in [0.717, 1.165) is 38.5 Å². The number of rotatable bonds is 50. The van der Waals surface area contributed by atoms with E-state index in [0.29, 0.717) is 19.3 Å². The molecule has 0 aromatic carbocycles. The van der Waals surface area contributed by atoms with Gasteiger partial charge in [0.2, 0.25) is 5.91 Å². The molecule has 0 aromatic rings. The predicted molar refractivity (Wildman–Crippen MR) is 289 cm³/mol. The first-order valence-electron chi connectivity index (χ1n) is 29.4. The highest BCUT2D eigenvalue weighted by atomic mass is 16.7. The first kappa shape index (κ1) is 66.3. The van der Waals surface area contributed by atoms with Crippen molar-refractivity contribution in [2.45, 2.75) is 319 Å². The number of carbonyl (C=O) groups is 1. The Labute approximate surface area is 428 Å². The summed E-state index contributed by atoms with van der Waals surface area (Å²) in [6.07, 6.45) is 48.4. The molecule has 11 nitrogen and oxygen atoms in total. The van der Waals surface area contributed by atoms with Crippen molar-refractivity contribution in [3.63, 3.8) is 0 Å². The minimum Gasteiger partial charge on any atom is -0.394 e. The number of hydrogen-bond acceptors (Lipinski definition) is 10. The average Bonchev–Trinajstić information content (AvgIpc) is 3.36. The van der Waals surface area contributed by atoms with Crippen molar-refractivity contribution < 1.29 is 50.0 Å². The summed E-state index contributed by atoms with van der Waals surface area (Å²) in [5.74, 6) is -0.711. The van der Waals surface area contributed by atoms with Gasteiger partial charge >= 0.3 is 0 Å². The van der Waals surface area contributed by atoms with Crippen LogP contribution < -0.4 is 5.32 Å². The minimum absolute atomic E-state index is 0.245. The molecule has 0 aliphatic carbocycles. The van der Waals surface area contributed by atoms with Gasteiger partial charge in [0, 0.05) is 0 Å². The molecule has 0 saturated carbocycles. The molecule has 1 saturated heterocycles. The second kappa shape index (κ2) is 48.3. The summed E-state index contributed by atoms with van der Waals surface area (Å²) in [6.45, 7) is 3.31. The van der Waals surface area contributed by atoms with Crippen LogP contribution in [0.4, 0.5) is 0 Å². The fourth-order valence-electron chi connectivity index (χ4n) is 9.40. The maximum Gasteiger partial charge on any atom is 0.249 e. The summed E-state index contributed by atoms with van der Waals surface area (Å²) in [6, 6.07) is -1.19. The number of nitrogens with one attached hydrogen (secondary N) is 1. The topological polar surface area (TPSA) is 189 Å². The third-order valence-corrected chi connectivity index (χ3v) is 14.2. The summed E-state index contributed by atoms with van der Waals surface area (Å²) in [4.78, 5) is 13.1. The molecule has 0 aromatic heterocycles. The van der Waals surface area contributed by atoms with Crippen LogP contribution in [0.3, 0.4) is 0 Å². The minimum atomic E-state index is -1.67. The third-order valence-electron chi connectivity index (χ3n) is 14.2. The highest BCUT2D eigenvalue weighted by Crippen LogP contribution is 2.23. The number of hydrogen-bond donors (Lipinski definition) is 8. The predicted octanol–water partition coefficient (Wildman–Crippen LogP) is 12.3. The lowest BCUT2D eigenvalue weighted by molar-refractivity contribution is -0.303. The summed E-state index contributed by atoms with van der Waals surface area (Å²) in [7, 11) is 0. The Bertz CT molecular complexity index is 1230. The lowest BCUT2D eigenvalue weighted by Crippen LogP contribution is -2.60. The average molecular weight is 995 g/mol. The van der Waals surface area contributed by atoms with Gasteiger partial charge in [0.1, 0.15) is 36.6 Å². The number of amides is 1. The van der Waals surface area contributed by atoms with Crippen LogP contribution in [-0.2, 0) is 14.3 Å². The van der Waals surface area contributed by atoms with E-state index < -0.39 is 74.2 Å². The van der Waals surface area contributed by atoms with Gasteiger partial charge in [0.25, 0.3) is 0 Å². The molecular formula is C59H111NO10. The van der Waals surface area contributed by atoms with Crippen molar-refractivity contribution in [2.75, 3.05) is 13.2 Å². The van der Waals surface area contributed by atoms with E-state index in [2.05, 4.69) is 49.5 Å². The summed E-state index contributed by atoms with van der Waals surface area (Å²) in [5.41, 5.74) is 0. The van der Waals surface area contributed by atoms with E-state index in [1.807, 2.05) is 6.08 Å².